The minimum atomic E-state index is -0.440. The molecule has 0 atom stereocenters. The molecule has 0 fully saturated rings. The number of amides is 2. The molecule has 5 aromatic heterocycles. The lowest BCUT2D eigenvalue weighted by molar-refractivity contribution is -0.117. The quantitative estimate of drug-likeness (QED) is 0.347. The molecule has 2 N–H and O–H groups in total. The Kier molecular flexibility index (Phi) is 6.29. The number of hydrogen-bond acceptors (Lipinski definition) is 8. The van der Waals surface area contributed by atoms with Crippen molar-refractivity contribution in [1.82, 2.24) is 39.2 Å². The number of carbonyl (C=O) groups excluding carboxylic acids is 2. The standard InChI is InChI=1S/C27H26N10O2/c1-17-22(11-21(13-29-17)31-25(38)16-36-8-5-18-4-3-7-28-23(18)15-36)32-27(39)26-34-33-24-10-19(6-9-37(24)26)20-12-30-35(2)14-20/h3-4,6-7,9-14H,5,8,15-16H2,1-2H3,(H,31,38)(H,32,39). The van der Waals surface area contributed by atoms with Crippen molar-refractivity contribution in [2.45, 2.75) is 19.9 Å². The van der Waals surface area contributed by atoms with Crippen LogP contribution < -0.4 is 10.6 Å². The molecular formula is C27H26N10O2. The normalized spacial score (nSPS) is 13.3. The maximum Gasteiger partial charge on any atom is 0.294 e. The van der Waals surface area contributed by atoms with Gasteiger partial charge in [0.2, 0.25) is 11.7 Å². The van der Waals surface area contributed by atoms with Crippen molar-refractivity contribution >= 4 is 28.8 Å². The average Bonchev–Trinajstić information content (AvgIpc) is 3.56. The van der Waals surface area contributed by atoms with Crippen molar-refractivity contribution < 1.29 is 9.59 Å². The lowest BCUT2D eigenvalue weighted by atomic mass is 10.1. The second-order valence-corrected chi connectivity index (χ2v) is 9.50. The first-order valence-corrected chi connectivity index (χ1v) is 12.5. The Balaban J connectivity index is 1.13. The van der Waals surface area contributed by atoms with E-state index >= 15 is 0 Å². The average molecular weight is 523 g/mol. The number of anilines is 2. The van der Waals surface area contributed by atoms with Crippen LogP contribution in [0.5, 0.6) is 0 Å². The summed E-state index contributed by atoms with van der Waals surface area (Å²) in [4.78, 5) is 36.7. The summed E-state index contributed by atoms with van der Waals surface area (Å²) in [5.74, 6) is -0.467. The monoisotopic (exact) mass is 522 g/mol. The van der Waals surface area contributed by atoms with Crippen molar-refractivity contribution in [3.63, 3.8) is 0 Å². The highest BCUT2D eigenvalue weighted by atomic mass is 16.2. The van der Waals surface area contributed by atoms with E-state index in [0.29, 0.717) is 29.3 Å². The number of carbonyl (C=O) groups is 2. The van der Waals surface area contributed by atoms with Crippen LogP contribution in [0.15, 0.2) is 61.3 Å². The minimum Gasteiger partial charge on any atom is -0.324 e. The Morgan fingerprint density at radius 3 is 2.79 bits per heavy atom. The third-order valence-corrected chi connectivity index (χ3v) is 6.69. The molecule has 5 aromatic rings. The lowest BCUT2D eigenvalue weighted by Crippen LogP contribution is -2.37. The van der Waals surface area contributed by atoms with Crippen LogP contribution in [0.25, 0.3) is 16.8 Å². The number of nitrogens with one attached hydrogen (secondary N) is 2. The smallest absolute Gasteiger partial charge is 0.294 e. The van der Waals surface area contributed by atoms with Crippen molar-refractivity contribution in [2.24, 2.45) is 7.05 Å². The molecular weight excluding hydrogens is 496 g/mol. The van der Waals surface area contributed by atoms with Crippen molar-refractivity contribution in [3.8, 4) is 11.1 Å². The Morgan fingerprint density at radius 1 is 1.05 bits per heavy atom. The summed E-state index contributed by atoms with van der Waals surface area (Å²) in [6, 6.07) is 9.43. The van der Waals surface area contributed by atoms with Crippen LogP contribution >= 0.6 is 0 Å². The zero-order valence-electron chi connectivity index (χ0n) is 21.5. The van der Waals surface area contributed by atoms with Gasteiger partial charge in [-0.15, -0.1) is 10.2 Å². The zero-order valence-corrected chi connectivity index (χ0v) is 21.5. The first kappa shape index (κ1) is 24.4. The Hall–Kier alpha value is -4.97. The van der Waals surface area contributed by atoms with Crippen LogP contribution in [-0.2, 0) is 24.8 Å². The van der Waals surface area contributed by atoms with Gasteiger partial charge >= 0.3 is 0 Å². The van der Waals surface area contributed by atoms with E-state index in [1.54, 1.807) is 46.9 Å². The van der Waals surface area contributed by atoms with E-state index in [-0.39, 0.29) is 18.3 Å². The summed E-state index contributed by atoms with van der Waals surface area (Å²) in [5.41, 5.74) is 6.20. The van der Waals surface area contributed by atoms with E-state index in [1.807, 2.05) is 31.4 Å². The summed E-state index contributed by atoms with van der Waals surface area (Å²) in [7, 11) is 1.85. The first-order valence-electron chi connectivity index (χ1n) is 12.5. The zero-order chi connectivity index (χ0) is 26.9. The van der Waals surface area contributed by atoms with E-state index in [0.717, 1.165) is 29.8 Å². The van der Waals surface area contributed by atoms with Crippen molar-refractivity contribution in [3.05, 3.63) is 84.1 Å². The Morgan fingerprint density at radius 2 is 1.95 bits per heavy atom. The number of hydrogen-bond donors (Lipinski definition) is 2. The van der Waals surface area contributed by atoms with Crippen LogP contribution in [0.4, 0.5) is 11.4 Å². The predicted molar refractivity (Wildman–Crippen MR) is 144 cm³/mol. The van der Waals surface area contributed by atoms with Gasteiger partial charge in [0.25, 0.3) is 5.91 Å². The molecule has 196 valence electrons. The molecule has 1 aliphatic rings. The second-order valence-electron chi connectivity index (χ2n) is 9.50. The fourth-order valence-corrected chi connectivity index (χ4v) is 4.65. The van der Waals surface area contributed by atoms with Crippen LogP contribution in [0.1, 0.15) is 27.6 Å². The SMILES string of the molecule is Cc1ncc(NC(=O)CN2CCc3cccnc3C2)cc1NC(=O)c1nnc2cc(-c3cnn(C)c3)ccn12. The van der Waals surface area contributed by atoms with Crippen LogP contribution in [0, 0.1) is 6.92 Å². The van der Waals surface area contributed by atoms with Gasteiger partial charge in [-0.2, -0.15) is 5.10 Å². The Labute approximate surface area is 223 Å². The molecule has 0 unspecified atom stereocenters. The minimum absolute atomic E-state index is 0.135. The molecule has 12 nitrogen and oxygen atoms in total. The summed E-state index contributed by atoms with van der Waals surface area (Å²) < 4.78 is 3.34. The van der Waals surface area contributed by atoms with Gasteiger partial charge in [0, 0.05) is 44.3 Å². The summed E-state index contributed by atoms with van der Waals surface area (Å²) >= 11 is 0. The van der Waals surface area contributed by atoms with Crippen LogP contribution in [0.2, 0.25) is 0 Å². The molecule has 0 spiro atoms. The maximum atomic E-state index is 13.1. The number of pyridine rings is 3. The van der Waals surface area contributed by atoms with E-state index in [2.05, 4.69) is 46.9 Å². The number of aromatic nitrogens is 7. The van der Waals surface area contributed by atoms with E-state index in [1.165, 1.54) is 5.56 Å². The van der Waals surface area contributed by atoms with Crippen LogP contribution in [-0.4, -0.2) is 64.2 Å². The fraction of sp³-hybridized carbons (Fsp3) is 0.222. The van der Waals surface area contributed by atoms with Gasteiger partial charge in [0.1, 0.15) is 0 Å². The number of fused-ring (bicyclic) bond motifs is 2. The molecule has 0 aromatic carbocycles. The molecule has 6 rings (SSSR count). The maximum absolute atomic E-state index is 13.1. The molecule has 6 heterocycles. The van der Waals surface area contributed by atoms with Gasteiger partial charge in [-0.05, 0) is 48.7 Å². The molecule has 12 heteroatoms. The molecule has 0 saturated heterocycles. The highest BCUT2D eigenvalue weighted by Crippen LogP contribution is 2.22. The van der Waals surface area contributed by atoms with Crippen LogP contribution in [0.3, 0.4) is 0 Å². The van der Waals surface area contributed by atoms with Gasteiger partial charge < -0.3 is 10.6 Å². The summed E-state index contributed by atoms with van der Waals surface area (Å²) in [6.45, 7) is 3.43. The number of aryl methyl sites for hydroxylation is 2. The number of nitrogens with zero attached hydrogens (tertiary/aromatic N) is 8. The molecule has 0 aliphatic carbocycles. The van der Waals surface area contributed by atoms with Crippen molar-refractivity contribution in [2.75, 3.05) is 23.7 Å². The van der Waals surface area contributed by atoms with E-state index < -0.39 is 5.91 Å². The predicted octanol–water partition coefficient (Wildman–Crippen LogP) is 2.48. The van der Waals surface area contributed by atoms with Gasteiger partial charge in [-0.3, -0.25) is 33.5 Å². The highest BCUT2D eigenvalue weighted by Gasteiger charge is 2.20. The summed E-state index contributed by atoms with van der Waals surface area (Å²) in [6.07, 6.45) is 9.63. The molecule has 0 radical (unpaired) electrons. The molecule has 1 aliphatic heterocycles. The van der Waals surface area contributed by atoms with E-state index in [9.17, 15) is 9.59 Å². The highest BCUT2D eigenvalue weighted by molar-refractivity contribution is 6.03. The molecule has 0 bridgehead atoms. The topological polar surface area (TPSA) is 135 Å². The van der Waals surface area contributed by atoms with Gasteiger partial charge in [0.05, 0.1) is 41.7 Å². The van der Waals surface area contributed by atoms with Crippen molar-refractivity contribution in [1.29, 1.82) is 0 Å². The first-order chi connectivity index (χ1) is 18.9. The molecule has 2 amide bonds. The molecule has 0 saturated carbocycles. The second kappa shape index (κ2) is 10.1. The Bertz CT molecular complexity index is 1710. The summed E-state index contributed by atoms with van der Waals surface area (Å²) in [5, 5.41) is 18.2. The third kappa shape index (κ3) is 5.09. The van der Waals surface area contributed by atoms with Gasteiger partial charge in [-0.25, -0.2) is 0 Å². The largest absolute Gasteiger partial charge is 0.324 e. The number of rotatable bonds is 6. The third-order valence-electron chi connectivity index (χ3n) is 6.69. The van der Waals surface area contributed by atoms with Gasteiger partial charge in [-0.1, -0.05) is 6.07 Å². The van der Waals surface area contributed by atoms with E-state index in [4.69, 9.17) is 0 Å². The fourth-order valence-electron chi connectivity index (χ4n) is 4.65. The van der Waals surface area contributed by atoms with Gasteiger partial charge in [0.15, 0.2) is 5.65 Å². The molecule has 39 heavy (non-hydrogen) atoms. The lowest BCUT2D eigenvalue weighted by Gasteiger charge is -2.27.